The standard InChI is InChI=1S/C14H18BrNO4/c1-19-9-6-10(12(20-2)11(15)7-9)13(18)16-14(8-17)4-3-5-14/h6-7,17H,3-5,8H2,1-2H3,(H,16,18). The SMILES string of the molecule is COc1cc(Br)c(OC)c(C(=O)NC2(CO)CCC2)c1. The number of benzene rings is 1. The number of ether oxygens (including phenoxy) is 2. The van der Waals surface area contributed by atoms with Crippen LogP contribution >= 0.6 is 15.9 Å². The maximum Gasteiger partial charge on any atom is 0.255 e. The predicted molar refractivity (Wildman–Crippen MR) is 78.4 cm³/mol. The van der Waals surface area contributed by atoms with Gasteiger partial charge in [0.15, 0.2) is 0 Å². The molecule has 1 aromatic carbocycles. The molecule has 5 nitrogen and oxygen atoms in total. The number of rotatable bonds is 5. The van der Waals surface area contributed by atoms with Crippen LogP contribution in [0.15, 0.2) is 16.6 Å². The third-order valence-corrected chi connectivity index (χ3v) is 4.28. The third kappa shape index (κ3) is 2.76. The Morgan fingerprint density at radius 1 is 1.40 bits per heavy atom. The fraction of sp³-hybridized carbons (Fsp3) is 0.500. The minimum absolute atomic E-state index is 0.0494. The van der Waals surface area contributed by atoms with E-state index in [0.29, 0.717) is 21.5 Å². The summed E-state index contributed by atoms with van der Waals surface area (Å²) in [6.07, 6.45) is 2.60. The molecule has 1 saturated carbocycles. The van der Waals surface area contributed by atoms with Gasteiger partial charge in [0.05, 0.1) is 36.4 Å². The van der Waals surface area contributed by atoms with Crippen LogP contribution < -0.4 is 14.8 Å². The molecule has 1 aliphatic rings. The molecule has 0 spiro atoms. The summed E-state index contributed by atoms with van der Waals surface area (Å²) in [4.78, 5) is 12.4. The smallest absolute Gasteiger partial charge is 0.255 e. The Balaban J connectivity index is 2.30. The second-order valence-corrected chi connectivity index (χ2v) is 5.79. The third-order valence-electron chi connectivity index (χ3n) is 3.69. The van der Waals surface area contributed by atoms with Crippen molar-refractivity contribution < 1.29 is 19.4 Å². The Bertz CT molecular complexity index is 509. The van der Waals surface area contributed by atoms with Crippen LogP contribution in [-0.2, 0) is 0 Å². The van der Waals surface area contributed by atoms with Gasteiger partial charge in [0.1, 0.15) is 11.5 Å². The van der Waals surface area contributed by atoms with Gasteiger partial charge in [0.25, 0.3) is 5.91 Å². The second-order valence-electron chi connectivity index (χ2n) is 4.94. The second kappa shape index (κ2) is 6.01. The number of halogens is 1. The van der Waals surface area contributed by atoms with Gasteiger partial charge in [-0.2, -0.15) is 0 Å². The molecule has 2 rings (SSSR count). The Morgan fingerprint density at radius 2 is 2.10 bits per heavy atom. The number of aliphatic hydroxyl groups is 1. The van der Waals surface area contributed by atoms with Crippen molar-refractivity contribution >= 4 is 21.8 Å². The number of amides is 1. The van der Waals surface area contributed by atoms with Gasteiger partial charge in [-0.05, 0) is 47.3 Å². The number of methoxy groups -OCH3 is 2. The molecule has 0 aliphatic heterocycles. The van der Waals surface area contributed by atoms with Gasteiger partial charge in [-0.15, -0.1) is 0 Å². The lowest BCUT2D eigenvalue weighted by molar-refractivity contribution is 0.0639. The first-order valence-electron chi connectivity index (χ1n) is 6.40. The van der Waals surface area contributed by atoms with Crippen molar-refractivity contribution in [2.75, 3.05) is 20.8 Å². The Labute approximate surface area is 126 Å². The van der Waals surface area contributed by atoms with Crippen molar-refractivity contribution in [1.82, 2.24) is 5.32 Å². The molecule has 6 heteroatoms. The maximum atomic E-state index is 12.4. The fourth-order valence-electron chi connectivity index (χ4n) is 2.30. The highest BCUT2D eigenvalue weighted by atomic mass is 79.9. The first-order chi connectivity index (χ1) is 9.55. The molecule has 0 unspecified atom stereocenters. The van der Waals surface area contributed by atoms with Crippen molar-refractivity contribution in [3.05, 3.63) is 22.2 Å². The molecule has 1 amide bonds. The highest BCUT2D eigenvalue weighted by molar-refractivity contribution is 9.10. The van der Waals surface area contributed by atoms with E-state index in [0.717, 1.165) is 19.3 Å². The molecule has 0 bridgehead atoms. The summed E-state index contributed by atoms with van der Waals surface area (Å²) in [5.41, 5.74) is -0.101. The number of carbonyl (C=O) groups excluding carboxylic acids is 1. The molecular formula is C14H18BrNO4. The lowest BCUT2D eigenvalue weighted by atomic mass is 9.77. The number of aliphatic hydroxyl groups excluding tert-OH is 1. The van der Waals surface area contributed by atoms with Crippen LogP contribution in [0.2, 0.25) is 0 Å². The molecule has 1 aromatic rings. The van der Waals surface area contributed by atoms with E-state index in [9.17, 15) is 9.90 Å². The molecule has 0 heterocycles. The van der Waals surface area contributed by atoms with Gasteiger partial charge in [0.2, 0.25) is 0 Å². The summed E-state index contributed by atoms with van der Waals surface area (Å²) in [5.74, 6) is 0.750. The number of hydrogen-bond acceptors (Lipinski definition) is 4. The van der Waals surface area contributed by atoms with E-state index < -0.39 is 5.54 Å². The normalized spacial score (nSPS) is 16.2. The lowest BCUT2D eigenvalue weighted by Gasteiger charge is -2.41. The zero-order valence-electron chi connectivity index (χ0n) is 11.5. The molecule has 0 aromatic heterocycles. The summed E-state index contributed by atoms with van der Waals surface area (Å²) >= 11 is 3.36. The van der Waals surface area contributed by atoms with E-state index >= 15 is 0 Å². The predicted octanol–water partition coefficient (Wildman–Crippen LogP) is 2.11. The van der Waals surface area contributed by atoms with Gasteiger partial charge in [-0.3, -0.25) is 4.79 Å². The first kappa shape index (κ1) is 15.1. The molecule has 0 radical (unpaired) electrons. The largest absolute Gasteiger partial charge is 0.497 e. The molecule has 110 valence electrons. The van der Waals surface area contributed by atoms with Crippen LogP contribution in [0.5, 0.6) is 11.5 Å². The molecule has 2 N–H and O–H groups in total. The van der Waals surface area contributed by atoms with Crippen LogP contribution in [-0.4, -0.2) is 37.4 Å². The molecule has 1 fully saturated rings. The van der Waals surface area contributed by atoms with E-state index in [4.69, 9.17) is 9.47 Å². The van der Waals surface area contributed by atoms with Crippen LogP contribution in [0.25, 0.3) is 0 Å². The molecular weight excluding hydrogens is 326 g/mol. The van der Waals surface area contributed by atoms with Crippen molar-refractivity contribution in [2.24, 2.45) is 0 Å². The van der Waals surface area contributed by atoms with Crippen LogP contribution in [0.1, 0.15) is 29.6 Å². The number of hydrogen-bond donors (Lipinski definition) is 2. The van der Waals surface area contributed by atoms with E-state index in [1.54, 1.807) is 12.1 Å². The summed E-state index contributed by atoms with van der Waals surface area (Å²) in [6, 6.07) is 3.36. The zero-order valence-corrected chi connectivity index (χ0v) is 13.1. The highest BCUT2D eigenvalue weighted by Gasteiger charge is 2.38. The Morgan fingerprint density at radius 3 is 2.55 bits per heavy atom. The quantitative estimate of drug-likeness (QED) is 0.859. The lowest BCUT2D eigenvalue weighted by Crippen LogP contribution is -2.56. The molecule has 0 saturated heterocycles. The van der Waals surface area contributed by atoms with Crippen LogP contribution in [0.4, 0.5) is 0 Å². The van der Waals surface area contributed by atoms with Crippen LogP contribution in [0, 0.1) is 0 Å². The van der Waals surface area contributed by atoms with E-state index in [2.05, 4.69) is 21.2 Å². The summed E-state index contributed by atoms with van der Waals surface area (Å²) < 4.78 is 11.1. The molecule has 0 atom stereocenters. The Kier molecular flexibility index (Phi) is 4.55. The van der Waals surface area contributed by atoms with Gasteiger partial charge >= 0.3 is 0 Å². The average Bonchev–Trinajstić information content (AvgIpc) is 2.41. The van der Waals surface area contributed by atoms with Gasteiger partial charge in [-0.1, -0.05) is 0 Å². The van der Waals surface area contributed by atoms with E-state index in [-0.39, 0.29) is 12.5 Å². The average molecular weight is 344 g/mol. The minimum Gasteiger partial charge on any atom is -0.497 e. The van der Waals surface area contributed by atoms with E-state index in [1.165, 1.54) is 14.2 Å². The zero-order chi connectivity index (χ0) is 14.8. The minimum atomic E-state index is -0.488. The van der Waals surface area contributed by atoms with Crippen molar-refractivity contribution in [1.29, 1.82) is 0 Å². The maximum absolute atomic E-state index is 12.4. The number of nitrogens with one attached hydrogen (secondary N) is 1. The monoisotopic (exact) mass is 343 g/mol. The fourth-order valence-corrected chi connectivity index (χ4v) is 2.90. The highest BCUT2D eigenvalue weighted by Crippen LogP contribution is 2.36. The van der Waals surface area contributed by atoms with E-state index in [1.807, 2.05) is 0 Å². The summed E-state index contributed by atoms with van der Waals surface area (Å²) in [6.45, 7) is -0.0494. The summed E-state index contributed by atoms with van der Waals surface area (Å²) in [7, 11) is 3.05. The Hall–Kier alpha value is -1.27. The number of carbonyl (C=O) groups is 1. The molecule has 20 heavy (non-hydrogen) atoms. The molecule has 1 aliphatic carbocycles. The first-order valence-corrected chi connectivity index (χ1v) is 7.19. The van der Waals surface area contributed by atoms with Gasteiger partial charge < -0.3 is 19.9 Å². The van der Waals surface area contributed by atoms with Crippen molar-refractivity contribution in [3.8, 4) is 11.5 Å². The van der Waals surface area contributed by atoms with Crippen LogP contribution in [0.3, 0.4) is 0 Å². The van der Waals surface area contributed by atoms with Gasteiger partial charge in [0, 0.05) is 0 Å². The summed E-state index contributed by atoms with van der Waals surface area (Å²) in [5, 5.41) is 12.3. The topological polar surface area (TPSA) is 67.8 Å². The van der Waals surface area contributed by atoms with Gasteiger partial charge in [-0.25, -0.2) is 0 Å². The van der Waals surface area contributed by atoms with Crippen molar-refractivity contribution in [2.45, 2.75) is 24.8 Å². The van der Waals surface area contributed by atoms with Crippen molar-refractivity contribution in [3.63, 3.8) is 0 Å².